The first-order chi connectivity index (χ1) is 8.88. The maximum absolute atomic E-state index is 11.0. The number of benzene rings is 1. The lowest BCUT2D eigenvalue weighted by atomic mass is 10.1. The van der Waals surface area contributed by atoms with Crippen molar-refractivity contribution in [2.24, 2.45) is 0 Å². The molecule has 0 saturated carbocycles. The Morgan fingerprint density at radius 3 is 2.11 bits per heavy atom. The first kappa shape index (κ1) is 13.7. The van der Waals surface area contributed by atoms with Crippen LogP contribution in [-0.4, -0.2) is 6.29 Å². The van der Waals surface area contributed by atoms with E-state index in [0.29, 0.717) is 5.57 Å². The molecule has 0 heterocycles. The van der Waals surface area contributed by atoms with Gasteiger partial charge < -0.3 is 0 Å². The maximum Gasteiger partial charge on any atom is 0.150 e. The van der Waals surface area contributed by atoms with E-state index in [0.717, 1.165) is 11.8 Å². The fourth-order valence-electron chi connectivity index (χ4n) is 1.33. The predicted molar refractivity (Wildman–Crippen MR) is 78.1 cm³/mol. The molecule has 0 fully saturated rings. The Balaban J connectivity index is 2.67. The van der Waals surface area contributed by atoms with Gasteiger partial charge in [-0.1, -0.05) is 85.5 Å². The van der Waals surface area contributed by atoms with Crippen molar-refractivity contribution in [2.75, 3.05) is 0 Å². The monoisotopic (exact) mass is 236 g/mol. The molecule has 0 amide bonds. The summed E-state index contributed by atoms with van der Waals surface area (Å²) < 4.78 is 0. The fourth-order valence-corrected chi connectivity index (χ4v) is 1.33. The van der Waals surface area contributed by atoms with E-state index in [9.17, 15) is 4.79 Å². The summed E-state index contributed by atoms with van der Waals surface area (Å²) >= 11 is 0. The number of aldehydes is 1. The van der Waals surface area contributed by atoms with Crippen molar-refractivity contribution in [3.8, 4) is 0 Å². The Morgan fingerprint density at radius 1 is 0.889 bits per heavy atom. The van der Waals surface area contributed by atoms with Crippen molar-refractivity contribution in [2.45, 2.75) is 0 Å². The van der Waals surface area contributed by atoms with Crippen LogP contribution in [0.2, 0.25) is 0 Å². The van der Waals surface area contributed by atoms with Gasteiger partial charge in [0.2, 0.25) is 0 Å². The molecule has 0 bridgehead atoms. The summed E-state index contributed by atoms with van der Waals surface area (Å²) in [6.07, 6.45) is 15.6. The zero-order valence-electron chi connectivity index (χ0n) is 10.2. The first-order valence-corrected chi connectivity index (χ1v) is 5.72. The van der Waals surface area contributed by atoms with Crippen molar-refractivity contribution >= 4 is 11.9 Å². The number of rotatable bonds is 6. The Hall–Kier alpha value is -2.41. The molecule has 90 valence electrons. The third kappa shape index (κ3) is 5.08. The van der Waals surface area contributed by atoms with Gasteiger partial charge in [-0.25, -0.2) is 0 Å². The molecular formula is C17H16O. The molecule has 0 aliphatic heterocycles. The second-order valence-corrected chi connectivity index (χ2v) is 3.50. The second kappa shape index (κ2) is 8.71. The van der Waals surface area contributed by atoms with Crippen molar-refractivity contribution in [1.82, 2.24) is 0 Å². The van der Waals surface area contributed by atoms with Crippen LogP contribution in [0.5, 0.6) is 0 Å². The Labute approximate surface area is 108 Å². The van der Waals surface area contributed by atoms with Gasteiger partial charge in [0, 0.05) is 5.57 Å². The smallest absolute Gasteiger partial charge is 0.150 e. The maximum atomic E-state index is 11.0. The van der Waals surface area contributed by atoms with Crippen LogP contribution in [0.25, 0.3) is 5.57 Å². The van der Waals surface area contributed by atoms with E-state index in [4.69, 9.17) is 0 Å². The number of hydrogen-bond acceptors (Lipinski definition) is 1. The van der Waals surface area contributed by atoms with E-state index in [1.54, 1.807) is 12.2 Å². The molecule has 0 radical (unpaired) electrons. The molecule has 1 aromatic carbocycles. The Morgan fingerprint density at radius 2 is 1.50 bits per heavy atom. The van der Waals surface area contributed by atoms with Crippen molar-refractivity contribution in [1.29, 1.82) is 0 Å². The van der Waals surface area contributed by atoms with Gasteiger partial charge in [-0.05, 0) is 5.56 Å². The lowest BCUT2D eigenvalue weighted by Crippen LogP contribution is -1.83. The van der Waals surface area contributed by atoms with Gasteiger partial charge in [0.05, 0.1) is 0 Å². The van der Waals surface area contributed by atoms with E-state index in [2.05, 4.69) is 6.58 Å². The minimum atomic E-state index is 0.668. The van der Waals surface area contributed by atoms with E-state index < -0.39 is 0 Å². The highest BCUT2D eigenvalue weighted by atomic mass is 16.1. The normalized spacial score (nSPS) is 12.6. The zero-order chi connectivity index (χ0) is 13.1. The van der Waals surface area contributed by atoms with Crippen molar-refractivity contribution in [3.05, 3.63) is 91.1 Å². The summed E-state index contributed by atoms with van der Waals surface area (Å²) in [4.78, 5) is 11.0. The molecule has 0 unspecified atom stereocenters. The number of carbonyl (C=O) groups is 1. The standard InChI is InChI=1S/C17H16O/c1-2-3-4-5-6-7-9-14-17(15-18)16-12-10-8-11-13-16/h2-15H,1H2. The van der Waals surface area contributed by atoms with Crippen LogP contribution in [-0.2, 0) is 4.79 Å². The van der Waals surface area contributed by atoms with Crippen molar-refractivity contribution in [3.63, 3.8) is 0 Å². The predicted octanol–water partition coefficient (Wildman–Crippen LogP) is 4.12. The summed E-state index contributed by atoms with van der Waals surface area (Å²) in [5.41, 5.74) is 1.59. The van der Waals surface area contributed by atoms with Gasteiger partial charge in [-0.15, -0.1) is 0 Å². The molecule has 1 aromatic rings. The van der Waals surface area contributed by atoms with Gasteiger partial charge in [-0.3, -0.25) is 4.79 Å². The van der Waals surface area contributed by atoms with E-state index in [1.165, 1.54) is 0 Å². The molecule has 1 rings (SSSR count). The van der Waals surface area contributed by atoms with Crippen LogP contribution in [0.1, 0.15) is 5.56 Å². The molecular weight excluding hydrogens is 220 g/mol. The minimum Gasteiger partial charge on any atom is -0.298 e. The third-order valence-corrected chi connectivity index (χ3v) is 2.20. The van der Waals surface area contributed by atoms with E-state index in [-0.39, 0.29) is 0 Å². The first-order valence-electron chi connectivity index (χ1n) is 5.72. The van der Waals surface area contributed by atoms with Gasteiger partial charge >= 0.3 is 0 Å². The van der Waals surface area contributed by atoms with Crippen LogP contribution in [0.3, 0.4) is 0 Å². The average molecular weight is 236 g/mol. The zero-order valence-corrected chi connectivity index (χ0v) is 10.2. The SMILES string of the molecule is C=CC=CC=CC=CC=C(C=O)c1ccccc1. The summed E-state index contributed by atoms with van der Waals surface area (Å²) in [5, 5.41) is 0. The highest BCUT2D eigenvalue weighted by Crippen LogP contribution is 2.11. The number of hydrogen-bond donors (Lipinski definition) is 0. The number of allylic oxidation sites excluding steroid dienone is 9. The second-order valence-electron chi connectivity index (χ2n) is 3.50. The van der Waals surface area contributed by atoms with Gasteiger partial charge in [-0.2, -0.15) is 0 Å². The van der Waals surface area contributed by atoms with E-state index in [1.807, 2.05) is 66.8 Å². The summed E-state index contributed by atoms with van der Waals surface area (Å²) in [6, 6.07) is 9.58. The molecule has 18 heavy (non-hydrogen) atoms. The number of carbonyl (C=O) groups excluding carboxylic acids is 1. The molecule has 0 atom stereocenters. The molecule has 0 N–H and O–H groups in total. The van der Waals surface area contributed by atoms with Gasteiger partial charge in [0.15, 0.2) is 6.29 Å². The summed E-state index contributed by atoms with van der Waals surface area (Å²) in [5.74, 6) is 0. The molecule has 1 nitrogen and oxygen atoms in total. The lowest BCUT2D eigenvalue weighted by molar-refractivity contribution is -0.103. The molecule has 0 aromatic heterocycles. The van der Waals surface area contributed by atoms with Gasteiger partial charge in [0.25, 0.3) is 0 Å². The lowest BCUT2D eigenvalue weighted by Gasteiger charge is -1.96. The molecule has 0 spiro atoms. The van der Waals surface area contributed by atoms with E-state index >= 15 is 0 Å². The highest BCUT2D eigenvalue weighted by molar-refractivity contribution is 6.07. The van der Waals surface area contributed by atoms with Crippen LogP contribution < -0.4 is 0 Å². The van der Waals surface area contributed by atoms with Crippen LogP contribution in [0.4, 0.5) is 0 Å². The molecule has 0 aliphatic rings. The average Bonchev–Trinajstić information content (AvgIpc) is 2.43. The fraction of sp³-hybridized carbons (Fsp3) is 0. The third-order valence-electron chi connectivity index (χ3n) is 2.20. The Kier molecular flexibility index (Phi) is 6.61. The minimum absolute atomic E-state index is 0.668. The highest BCUT2D eigenvalue weighted by Gasteiger charge is 1.95. The van der Waals surface area contributed by atoms with Crippen LogP contribution in [0.15, 0.2) is 85.5 Å². The molecule has 0 aliphatic carbocycles. The summed E-state index contributed by atoms with van der Waals surface area (Å²) in [7, 11) is 0. The van der Waals surface area contributed by atoms with Crippen molar-refractivity contribution < 1.29 is 4.79 Å². The van der Waals surface area contributed by atoms with Crippen LogP contribution in [0, 0.1) is 0 Å². The largest absolute Gasteiger partial charge is 0.298 e. The van der Waals surface area contributed by atoms with Gasteiger partial charge in [0.1, 0.15) is 0 Å². The molecule has 1 heteroatoms. The van der Waals surface area contributed by atoms with Crippen LogP contribution >= 0.6 is 0 Å². The summed E-state index contributed by atoms with van der Waals surface area (Å²) in [6.45, 7) is 3.58. The molecule has 0 saturated heterocycles. The quantitative estimate of drug-likeness (QED) is 0.412. The topological polar surface area (TPSA) is 17.1 Å². The Bertz CT molecular complexity index is 488.